The number of halogens is 1. The third kappa shape index (κ3) is 3.56. The SMILES string of the molecule is Cl.N[C@H](c1cc([N+](=O)[O-])ccc1O)C1CCOCC1. The Hall–Kier alpha value is -1.37. The Bertz CT molecular complexity index is 449. The fraction of sp³-hybridized carbons (Fsp3) is 0.500. The van der Waals surface area contributed by atoms with Crippen molar-refractivity contribution in [3.05, 3.63) is 33.9 Å². The monoisotopic (exact) mass is 288 g/mol. The van der Waals surface area contributed by atoms with Crippen molar-refractivity contribution < 1.29 is 14.8 Å². The van der Waals surface area contributed by atoms with E-state index >= 15 is 0 Å². The van der Waals surface area contributed by atoms with E-state index in [0.717, 1.165) is 12.8 Å². The summed E-state index contributed by atoms with van der Waals surface area (Å²) in [5.41, 5.74) is 6.49. The van der Waals surface area contributed by atoms with E-state index in [0.29, 0.717) is 18.8 Å². The number of non-ortho nitro benzene ring substituents is 1. The van der Waals surface area contributed by atoms with Gasteiger partial charge in [-0.2, -0.15) is 0 Å². The van der Waals surface area contributed by atoms with Crippen LogP contribution in [0.4, 0.5) is 5.69 Å². The molecule has 1 aromatic carbocycles. The number of nitrogens with two attached hydrogens (primary N) is 1. The molecule has 1 fully saturated rings. The molecule has 1 heterocycles. The van der Waals surface area contributed by atoms with Gasteiger partial charge < -0.3 is 15.6 Å². The summed E-state index contributed by atoms with van der Waals surface area (Å²) in [6.07, 6.45) is 1.62. The minimum absolute atomic E-state index is 0. The Labute approximate surface area is 117 Å². The summed E-state index contributed by atoms with van der Waals surface area (Å²) in [5.74, 6) is 0.200. The molecule has 1 aliphatic rings. The number of hydrogen-bond donors (Lipinski definition) is 2. The van der Waals surface area contributed by atoms with Gasteiger partial charge in [0.25, 0.3) is 5.69 Å². The molecule has 106 valence electrons. The predicted octanol–water partition coefficient (Wildman–Crippen LogP) is 2.15. The van der Waals surface area contributed by atoms with E-state index in [-0.39, 0.29) is 29.8 Å². The van der Waals surface area contributed by atoms with Gasteiger partial charge in [-0.05, 0) is 24.8 Å². The zero-order chi connectivity index (χ0) is 13.1. The van der Waals surface area contributed by atoms with Crippen LogP contribution >= 0.6 is 12.4 Å². The predicted molar refractivity (Wildman–Crippen MR) is 72.5 cm³/mol. The molecular formula is C12H17ClN2O4. The first-order valence-corrected chi connectivity index (χ1v) is 5.90. The first-order valence-electron chi connectivity index (χ1n) is 5.90. The fourth-order valence-electron chi connectivity index (χ4n) is 2.25. The van der Waals surface area contributed by atoms with Gasteiger partial charge in [0.05, 0.1) is 4.92 Å². The van der Waals surface area contributed by atoms with E-state index in [2.05, 4.69) is 0 Å². The number of ether oxygens (including phenoxy) is 1. The van der Waals surface area contributed by atoms with Crippen LogP contribution in [-0.4, -0.2) is 23.2 Å². The number of rotatable bonds is 3. The number of phenolic OH excluding ortho intramolecular Hbond substituents is 1. The first-order chi connectivity index (χ1) is 8.59. The van der Waals surface area contributed by atoms with E-state index < -0.39 is 11.0 Å². The molecule has 1 aliphatic heterocycles. The smallest absolute Gasteiger partial charge is 0.270 e. The zero-order valence-electron chi connectivity index (χ0n) is 10.3. The average Bonchev–Trinajstić information content (AvgIpc) is 2.39. The van der Waals surface area contributed by atoms with E-state index in [9.17, 15) is 15.2 Å². The molecule has 2 rings (SSSR count). The number of phenols is 1. The number of nitro benzene ring substituents is 1. The van der Waals surface area contributed by atoms with Crippen LogP contribution in [0.5, 0.6) is 5.75 Å². The lowest BCUT2D eigenvalue weighted by molar-refractivity contribution is -0.385. The van der Waals surface area contributed by atoms with Gasteiger partial charge in [0, 0.05) is 37.0 Å². The minimum atomic E-state index is -0.486. The third-order valence-electron chi connectivity index (χ3n) is 3.35. The number of aromatic hydroxyl groups is 1. The van der Waals surface area contributed by atoms with Crippen molar-refractivity contribution in [2.75, 3.05) is 13.2 Å². The third-order valence-corrected chi connectivity index (χ3v) is 3.35. The van der Waals surface area contributed by atoms with Crippen LogP contribution in [0.2, 0.25) is 0 Å². The second-order valence-corrected chi connectivity index (χ2v) is 4.48. The lowest BCUT2D eigenvalue weighted by Crippen LogP contribution is -2.27. The molecular weight excluding hydrogens is 272 g/mol. The highest BCUT2D eigenvalue weighted by Gasteiger charge is 2.25. The second kappa shape index (κ2) is 6.70. The number of hydrogen-bond acceptors (Lipinski definition) is 5. The van der Waals surface area contributed by atoms with Crippen molar-refractivity contribution in [1.82, 2.24) is 0 Å². The Kier molecular flexibility index (Phi) is 5.53. The van der Waals surface area contributed by atoms with Gasteiger partial charge in [-0.3, -0.25) is 10.1 Å². The molecule has 1 atom stereocenters. The van der Waals surface area contributed by atoms with Crippen LogP contribution in [-0.2, 0) is 4.74 Å². The van der Waals surface area contributed by atoms with Crippen molar-refractivity contribution in [2.24, 2.45) is 11.7 Å². The van der Waals surface area contributed by atoms with Gasteiger partial charge in [-0.15, -0.1) is 12.4 Å². The molecule has 6 nitrogen and oxygen atoms in total. The highest BCUT2D eigenvalue weighted by Crippen LogP contribution is 2.34. The standard InChI is InChI=1S/C12H16N2O4.ClH/c13-12(8-3-5-18-6-4-8)10-7-9(14(16)17)1-2-11(10)15;/h1-2,7-8,12,15H,3-6,13H2;1H/t12-;/m0./s1. The molecule has 3 N–H and O–H groups in total. The van der Waals surface area contributed by atoms with Crippen LogP contribution in [0.3, 0.4) is 0 Å². The van der Waals surface area contributed by atoms with Gasteiger partial charge in [-0.25, -0.2) is 0 Å². The quantitative estimate of drug-likeness (QED) is 0.656. The first kappa shape index (κ1) is 15.7. The van der Waals surface area contributed by atoms with Crippen molar-refractivity contribution in [2.45, 2.75) is 18.9 Å². The molecule has 0 radical (unpaired) electrons. The van der Waals surface area contributed by atoms with Crippen LogP contribution < -0.4 is 5.73 Å². The van der Waals surface area contributed by atoms with Gasteiger partial charge in [0.15, 0.2) is 0 Å². The zero-order valence-corrected chi connectivity index (χ0v) is 11.1. The van der Waals surface area contributed by atoms with Crippen molar-refractivity contribution in [1.29, 1.82) is 0 Å². The van der Waals surface area contributed by atoms with Crippen LogP contribution in [0.25, 0.3) is 0 Å². The average molecular weight is 289 g/mol. The maximum absolute atomic E-state index is 10.7. The normalized spacial score (nSPS) is 17.5. The molecule has 7 heteroatoms. The summed E-state index contributed by atoms with van der Waals surface area (Å²) in [7, 11) is 0. The molecule has 1 saturated heterocycles. The van der Waals surface area contributed by atoms with Gasteiger partial charge >= 0.3 is 0 Å². The topological polar surface area (TPSA) is 98.6 Å². The minimum Gasteiger partial charge on any atom is -0.508 e. The largest absolute Gasteiger partial charge is 0.508 e. The van der Waals surface area contributed by atoms with Crippen LogP contribution in [0.15, 0.2) is 18.2 Å². The fourth-order valence-corrected chi connectivity index (χ4v) is 2.25. The van der Waals surface area contributed by atoms with Crippen molar-refractivity contribution in [3.63, 3.8) is 0 Å². The molecule has 0 spiro atoms. The maximum atomic E-state index is 10.7. The molecule has 0 saturated carbocycles. The lowest BCUT2D eigenvalue weighted by atomic mass is 9.87. The molecule has 0 amide bonds. The van der Waals surface area contributed by atoms with E-state index in [1.165, 1.54) is 18.2 Å². The van der Waals surface area contributed by atoms with E-state index in [1.54, 1.807) is 0 Å². The van der Waals surface area contributed by atoms with E-state index in [4.69, 9.17) is 10.5 Å². The Morgan fingerprint density at radius 1 is 1.42 bits per heavy atom. The molecule has 0 aliphatic carbocycles. The molecule has 1 aromatic rings. The lowest BCUT2D eigenvalue weighted by Gasteiger charge is -2.28. The Morgan fingerprint density at radius 2 is 2.05 bits per heavy atom. The molecule has 0 aromatic heterocycles. The van der Waals surface area contributed by atoms with E-state index in [1.807, 2.05) is 0 Å². The maximum Gasteiger partial charge on any atom is 0.270 e. The summed E-state index contributed by atoms with van der Waals surface area (Å²) in [6, 6.07) is 3.56. The molecule has 0 bridgehead atoms. The van der Waals surface area contributed by atoms with Crippen molar-refractivity contribution >= 4 is 18.1 Å². The van der Waals surface area contributed by atoms with Crippen LogP contribution in [0.1, 0.15) is 24.4 Å². The Morgan fingerprint density at radius 3 is 2.63 bits per heavy atom. The summed E-state index contributed by atoms with van der Waals surface area (Å²) < 4.78 is 5.25. The summed E-state index contributed by atoms with van der Waals surface area (Å²) in [5, 5.41) is 20.5. The van der Waals surface area contributed by atoms with Crippen LogP contribution in [0, 0.1) is 16.0 Å². The summed E-state index contributed by atoms with van der Waals surface area (Å²) in [6.45, 7) is 1.29. The van der Waals surface area contributed by atoms with Gasteiger partial charge in [0.2, 0.25) is 0 Å². The molecule has 0 unspecified atom stereocenters. The summed E-state index contributed by atoms with van der Waals surface area (Å²) in [4.78, 5) is 10.2. The van der Waals surface area contributed by atoms with Gasteiger partial charge in [-0.1, -0.05) is 0 Å². The molecule has 19 heavy (non-hydrogen) atoms. The van der Waals surface area contributed by atoms with Gasteiger partial charge in [0.1, 0.15) is 5.75 Å². The number of nitrogens with zero attached hydrogens (tertiary/aromatic N) is 1. The number of benzene rings is 1. The highest BCUT2D eigenvalue weighted by atomic mass is 35.5. The number of nitro groups is 1. The Balaban J connectivity index is 0.00000180. The van der Waals surface area contributed by atoms with Crippen molar-refractivity contribution in [3.8, 4) is 5.75 Å². The second-order valence-electron chi connectivity index (χ2n) is 4.48. The highest BCUT2D eigenvalue weighted by molar-refractivity contribution is 5.85. The summed E-state index contributed by atoms with van der Waals surface area (Å²) >= 11 is 0.